The molecule has 3 heterocycles. The number of halogens is 4. The van der Waals surface area contributed by atoms with E-state index in [4.69, 9.17) is 21.5 Å². The Morgan fingerprint density at radius 2 is 1.69 bits per heavy atom. The number of piperidine rings is 1. The van der Waals surface area contributed by atoms with Crippen LogP contribution in [0.5, 0.6) is 0 Å². The van der Waals surface area contributed by atoms with Gasteiger partial charge in [-0.25, -0.2) is 9.78 Å². The second-order valence-corrected chi connectivity index (χ2v) is 8.75. The molecule has 12 heteroatoms. The lowest BCUT2D eigenvalue weighted by Gasteiger charge is -2.34. The van der Waals surface area contributed by atoms with Crippen LogP contribution >= 0.6 is 11.6 Å². The van der Waals surface area contributed by atoms with E-state index >= 15 is 0 Å². The number of carbonyl (C=O) groups is 2. The molecule has 0 saturated carbocycles. The van der Waals surface area contributed by atoms with Gasteiger partial charge in [0, 0.05) is 49.0 Å². The van der Waals surface area contributed by atoms with Gasteiger partial charge in [0.05, 0.1) is 12.1 Å². The maximum absolute atomic E-state index is 12.6. The number of rotatable bonds is 4. The normalized spacial score (nSPS) is 20.8. The molecule has 4 rings (SSSR count). The average molecular weight is 515 g/mol. The summed E-state index contributed by atoms with van der Waals surface area (Å²) >= 11 is 5.90. The topological polar surface area (TPSA) is 106 Å². The van der Waals surface area contributed by atoms with Crippen molar-refractivity contribution < 1.29 is 33.0 Å². The van der Waals surface area contributed by atoms with E-state index in [-0.39, 0.29) is 11.9 Å². The van der Waals surface area contributed by atoms with Gasteiger partial charge in [0.1, 0.15) is 5.82 Å². The van der Waals surface area contributed by atoms with Crippen LogP contribution in [0.25, 0.3) is 0 Å². The van der Waals surface area contributed by atoms with E-state index in [9.17, 15) is 23.1 Å². The highest BCUT2D eigenvalue weighted by molar-refractivity contribution is 6.30. The molecule has 2 saturated heterocycles. The Labute approximate surface area is 205 Å². The highest BCUT2D eigenvalue weighted by Crippen LogP contribution is 2.21. The van der Waals surface area contributed by atoms with Crippen molar-refractivity contribution in [1.82, 2.24) is 15.2 Å². The first kappa shape index (κ1) is 26.7. The maximum Gasteiger partial charge on any atom is 0.490 e. The third-order valence-corrected chi connectivity index (χ3v) is 6.08. The van der Waals surface area contributed by atoms with Gasteiger partial charge in [-0.05, 0) is 49.2 Å². The Morgan fingerprint density at radius 1 is 1.06 bits per heavy atom. The summed E-state index contributed by atoms with van der Waals surface area (Å²) in [7, 11) is 0. The number of aliphatic carboxylic acids is 1. The van der Waals surface area contributed by atoms with Gasteiger partial charge in [-0.2, -0.15) is 13.2 Å². The number of carbonyl (C=O) groups excluding carboxylic acids is 1. The quantitative estimate of drug-likeness (QED) is 0.576. The van der Waals surface area contributed by atoms with E-state index in [1.807, 2.05) is 23.1 Å². The van der Waals surface area contributed by atoms with Crippen LogP contribution in [-0.2, 0) is 4.79 Å². The zero-order valence-corrected chi connectivity index (χ0v) is 19.4. The molecule has 0 bridgehead atoms. The molecule has 2 aliphatic heterocycles. The molecule has 0 spiro atoms. The van der Waals surface area contributed by atoms with Crippen molar-refractivity contribution in [3.8, 4) is 0 Å². The van der Waals surface area contributed by atoms with Gasteiger partial charge in [0.15, 0.2) is 0 Å². The number of aliphatic hydroxyl groups is 1. The minimum atomic E-state index is -5.08. The molecular weight excluding hydrogens is 489 g/mol. The van der Waals surface area contributed by atoms with Crippen LogP contribution in [0, 0.1) is 0 Å². The molecule has 1 aromatic carbocycles. The molecule has 0 aliphatic carbocycles. The van der Waals surface area contributed by atoms with Crippen LogP contribution in [-0.4, -0.2) is 82.5 Å². The highest BCUT2D eigenvalue weighted by Gasteiger charge is 2.38. The monoisotopic (exact) mass is 514 g/mol. The van der Waals surface area contributed by atoms with Crippen LogP contribution in [0.2, 0.25) is 5.02 Å². The number of anilines is 1. The van der Waals surface area contributed by atoms with Crippen molar-refractivity contribution in [3.05, 3.63) is 59.2 Å². The summed E-state index contributed by atoms with van der Waals surface area (Å²) in [6, 6.07) is 13.2. The van der Waals surface area contributed by atoms with E-state index in [1.54, 1.807) is 30.5 Å². The predicted octanol–water partition coefficient (Wildman–Crippen LogP) is 2.81. The second kappa shape index (κ2) is 11.7. The second-order valence-electron chi connectivity index (χ2n) is 8.31. The van der Waals surface area contributed by atoms with Crippen molar-refractivity contribution in [2.45, 2.75) is 37.2 Å². The van der Waals surface area contributed by atoms with Gasteiger partial charge in [-0.15, -0.1) is 0 Å². The molecule has 0 radical (unpaired) electrons. The number of nitrogens with one attached hydrogen (secondary N) is 1. The van der Waals surface area contributed by atoms with Crippen LogP contribution in [0.1, 0.15) is 23.2 Å². The third-order valence-electron chi connectivity index (χ3n) is 5.83. The maximum atomic E-state index is 12.6. The summed E-state index contributed by atoms with van der Waals surface area (Å²) in [5.41, 5.74) is 0.674. The van der Waals surface area contributed by atoms with E-state index < -0.39 is 18.2 Å². The number of carboxylic acids is 1. The Balaban J connectivity index is 0.000000429. The number of benzene rings is 1. The van der Waals surface area contributed by atoms with Gasteiger partial charge in [0.2, 0.25) is 0 Å². The van der Waals surface area contributed by atoms with Crippen molar-refractivity contribution in [2.24, 2.45) is 0 Å². The fourth-order valence-corrected chi connectivity index (χ4v) is 4.13. The Kier molecular flexibility index (Phi) is 8.92. The number of hydrogen-bond donors (Lipinski definition) is 3. The number of aliphatic hydroxyl groups excluding tert-OH is 1. The first-order valence-corrected chi connectivity index (χ1v) is 11.4. The standard InChI is InChI=1S/C21H25ClN4O2.C2HF3O2/c22-16-6-4-15(5-7-16)21(28)25-11-8-17(9-12-25)24-18-13-26(14-19(18)27)20-3-1-2-10-23-20;3-2(4,5)1(6)7/h1-7,10,17-19,24,27H,8-9,11-14H2;(H,6,7)/t18-,19-;/m0./s1. The summed E-state index contributed by atoms with van der Waals surface area (Å²) in [5.74, 6) is -1.81. The van der Waals surface area contributed by atoms with E-state index in [0.29, 0.717) is 36.3 Å². The molecule has 1 amide bonds. The largest absolute Gasteiger partial charge is 0.490 e. The first-order chi connectivity index (χ1) is 16.5. The molecule has 35 heavy (non-hydrogen) atoms. The molecule has 190 valence electrons. The SMILES string of the molecule is O=C(O)C(F)(F)F.O=C(c1ccc(Cl)cc1)N1CCC(N[C@H]2CN(c3ccccn3)C[C@@H]2O)CC1. The Morgan fingerprint density at radius 3 is 2.23 bits per heavy atom. The molecule has 2 aromatic rings. The smallest absolute Gasteiger partial charge is 0.475 e. The number of alkyl halides is 3. The minimum Gasteiger partial charge on any atom is -0.475 e. The lowest BCUT2D eigenvalue weighted by atomic mass is 10.0. The minimum absolute atomic E-state index is 0.0190. The first-order valence-electron chi connectivity index (χ1n) is 11.0. The zero-order valence-electron chi connectivity index (χ0n) is 18.7. The number of aromatic nitrogens is 1. The summed E-state index contributed by atoms with van der Waals surface area (Å²) in [6.07, 6.45) is -1.97. The van der Waals surface area contributed by atoms with Gasteiger partial charge in [0.25, 0.3) is 5.91 Å². The number of hydrogen-bond acceptors (Lipinski definition) is 6. The number of nitrogens with zero attached hydrogens (tertiary/aromatic N) is 3. The number of β-amino-alcohol motifs (C(OH)–C–C–N with tert-alkyl or cyclic N) is 1. The lowest BCUT2D eigenvalue weighted by molar-refractivity contribution is -0.192. The molecule has 8 nitrogen and oxygen atoms in total. The fourth-order valence-electron chi connectivity index (χ4n) is 4.01. The number of carboxylic acid groups (broad SMARTS) is 1. The molecule has 1 aromatic heterocycles. The highest BCUT2D eigenvalue weighted by atomic mass is 35.5. The van der Waals surface area contributed by atoms with Crippen molar-refractivity contribution in [3.63, 3.8) is 0 Å². The Hall–Kier alpha value is -2.89. The molecule has 2 atom stereocenters. The van der Waals surface area contributed by atoms with E-state index in [1.165, 1.54) is 0 Å². The molecule has 3 N–H and O–H groups in total. The Bertz CT molecular complexity index is 987. The summed E-state index contributed by atoms with van der Waals surface area (Å²) in [4.78, 5) is 29.9. The van der Waals surface area contributed by atoms with Gasteiger partial charge in [-0.1, -0.05) is 17.7 Å². The van der Waals surface area contributed by atoms with E-state index in [2.05, 4.69) is 15.2 Å². The number of amides is 1. The fraction of sp³-hybridized carbons (Fsp3) is 0.435. The summed E-state index contributed by atoms with van der Waals surface area (Å²) in [5, 5.41) is 21.8. The van der Waals surface area contributed by atoms with Gasteiger partial charge < -0.3 is 25.3 Å². The summed E-state index contributed by atoms with van der Waals surface area (Å²) < 4.78 is 31.7. The van der Waals surface area contributed by atoms with Crippen molar-refractivity contribution in [1.29, 1.82) is 0 Å². The third kappa shape index (κ3) is 7.55. The molecule has 2 fully saturated rings. The number of pyridine rings is 1. The average Bonchev–Trinajstić information content (AvgIpc) is 3.20. The number of likely N-dealkylation sites (tertiary alicyclic amines) is 1. The zero-order chi connectivity index (χ0) is 25.6. The molecule has 2 aliphatic rings. The lowest BCUT2D eigenvalue weighted by Crippen LogP contribution is -2.50. The molecule has 0 unspecified atom stereocenters. The van der Waals surface area contributed by atoms with Crippen molar-refractivity contribution >= 4 is 29.3 Å². The van der Waals surface area contributed by atoms with Crippen LogP contribution < -0.4 is 10.2 Å². The van der Waals surface area contributed by atoms with Crippen LogP contribution in [0.3, 0.4) is 0 Å². The van der Waals surface area contributed by atoms with Crippen LogP contribution in [0.15, 0.2) is 48.7 Å². The molecular formula is C23H26ClF3N4O4. The summed E-state index contributed by atoms with van der Waals surface area (Å²) in [6.45, 7) is 2.75. The van der Waals surface area contributed by atoms with Crippen molar-refractivity contribution in [2.75, 3.05) is 31.1 Å². The van der Waals surface area contributed by atoms with E-state index in [0.717, 1.165) is 25.2 Å². The van der Waals surface area contributed by atoms with Crippen LogP contribution in [0.4, 0.5) is 19.0 Å². The predicted molar refractivity (Wildman–Crippen MR) is 123 cm³/mol. The van der Waals surface area contributed by atoms with Gasteiger partial charge >= 0.3 is 12.1 Å². The van der Waals surface area contributed by atoms with Gasteiger partial charge in [-0.3, -0.25) is 4.79 Å².